The van der Waals surface area contributed by atoms with E-state index in [0.717, 1.165) is 37.2 Å². The van der Waals surface area contributed by atoms with E-state index in [-0.39, 0.29) is 5.54 Å². The van der Waals surface area contributed by atoms with Crippen LogP contribution in [0.3, 0.4) is 0 Å². The monoisotopic (exact) mass is 458 g/mol. The van der Waals surface area contributed by atoms with Gasteiger partial charge >= 0.3 is 0 Å². The maximum absolute atomic E-state index is 12.8. The van der Waals surface area contributed by atoms with Gasteiger partial charge in [0, 0.05) is 5.54 Å². The van der Waals surface area contributed by atoms with Crippen LogP contribution in [0.5, 0.6) is 5.75 Å². The molecule has 0 aromatic heterocycles. The smallest absolute Gasteiger partial charge is 0.119 e. The summed E-state index contributed by atoms with van der Waals surface area (Å²) < 4.78 is 5.95. The number of hydrogen-bond acceptors (Lipinski definition) is 2. The maximum atomic E-state index is 12.8. The molecular formula is C30H52NO2. The number of hydrogen-bond donors (Lipinski definition) is 0. The second-order valence-electron chi connectivity index (χ2n) is 11.2. The van der Waals surface area contributed by atoms with Gasteiger partial charge in [-0.2, -0.15) is 0 Å². The van der Waals surface area contributed by atoms with Crippen LogP contribution < -0.4 is 4.74 Å². The molecule has 1 saturated heterocycles. The van der Waals surface area contributed by atoms with Gasteiger partial charge in [-0.15, -0.1) is 10.3 Å². The van der Waals surface area contributed by atoms with Gasteiger partial charge in [-0.1, -0.05) is 109 Å². The molecule has 1 aliphatic heterocycles. The zero-order chi connectivity index (χ0) is 24.0. The Bertz CT molecular complexity index is 627. The van der Waals surface area contributed by atoms with Gasteiger partial charge in [0.2, 0.25) is 0 Å². The fraction of sp³-hybridized carbons (Fsp3) is 0.800. The second-order valence-corrected chi connectivity index (χ2v) is 11.2. The van der Waals surface area contributed by atoms with Gasteiger partial charge in [0.05, 0.1) is 12.1 Å². The van der Waals surface area contributed by atoms with E-state index in [2.05, 4.69) is 26.0 Å². The SMILES string of the molecule is CCCCCCCCCCCCCCCCCOc1ccc(C2(C)CCC(C)(C)N2[O])cc1. The van der Waals surface area contributed by atoms with Crippen LogP contribution in [0.15, 0.2) is 24.3 Å². The number of unbranched alkanes of at least 4 members (excludes halogenated alkanes) is 14. The van der Waals surface area contributed by atoms with Crippen LogP contribution in [-0.4, -0.2) is 17.2 Å². The topological polar surface area (TPSA) is 32.4 Å². The van der Waals surface area contributed by atoms with Crippen molar-refractivity contribution < 1.29 is 9.94 Å². The molecule has 1 unspecified atom stereocenters. The summed E-state index contributed by atoms with van der Waals surface area (Å²) in [5.74, 6) is 0.919. The van der Waals surface area contributed by atoms with Crippen LogP contribution in [0.2, 0.25) is 0 Å². The molecule has 1 atom stereocenters. The molecule has 189 valence electrons. The third kappa shape index (κ3) is 9.61. The lowest BCUT2D eigenvalue weighted by atomic mass is 9.90. The average Bonchev–Trinajstić information content (AvgIpc) is 3.03. The summed E-state index contributed by atoms with van der Waals surface area (Å²) in [4.78, 5) is 0. The molecular weight excluding hydrogens is 406 g/mol. The molecule has 1 aromatic rings. The van der Waals surface area contributed by atoms with Crippen molar-refractivity contribution in [3.05, 3.63) is 29.8 Å². The summed E-state index contributed by atoms with van der Waals surface area (Å²) in [5, 5.41) is 14.1. The molecule has 0 bridgehead atoms. The Morgan fingerprint density at radius 3 is 1.58 bits per heavy atom. The zero-order valence-corrected chi connectivity index (χ0v) is 22.3. The number of hydroxylamine groups is 2. The largest absolute Gasteiger partial charge is 0.494 e. The second kappa shape index (κ2) is 15.0. The molecule has 1 radical (unpaired) electrons. The highest BCUT2D eigenvalue weighted by Gasteiger charge is 2.49. The average molecular weight is 459 g/mol. The van der Waals surface area contributed by atoms with Gasteiger partial charge in [0.25, 0.3) is 0 Å². The summed E-state index contributed by atoms with van der Waals surface area (Å²) in [6.45, 7) is 9.23. The highest BCUT2D eigenvalue weighted by molar-refractivity contribution is 5.32. The first kappa shape index (κ1) is 28.2. The Morgan fingerprint density at radius 1 is 0.697 bits per heavy atom. The van der Waals surface area contributed by atoms with Crippen molar-refractivity contribution in [2.24, 2.45) is 0 Å². The minimum atomic E-state index is -0.420. The molecule has 1 heterocycles. The Hall–Kier alpha value is -1.06. The first-order valence-corrected chi connectivity index (χ1v) is 14.1. The third-order valence-electron chi connectivity index (χ3n) is 7.71. The van der Waals surface area contributed by atoms with Crippen molar-refractivity contribution in [2.45, 2.75) is 148 Å². The number of ether oxygens (including phenoxy) is 1. The van der Waals surface area contributed by atoms with Crippen molar-refractivity contribution in [2.75, 3.05) is 6.61 Å². The Balaban J connectivity index is 1.45. The van der Waals surface area contributed by atoms with Crippen LogP contribution in [-0.2, 0) is 10.7 Å². The Labute approximate surface area is 205 Å². The van der Waals surface area contributed by atoms with E-state index in [4.69, 9.17) is 4.74 Å². The fourth-order valence-electron chi connectivity index (χ4n) is 5.26. The third-order valence-corrected chi connectivity index (χ3v) is 7.71. The van der Waals surface area contributed by atoms with Crippen LogP contribution in [0, 0.1) is 0 Å². The van der Waals surface area contributed by atoms with Crippen molar-refractivity contribution in [1.29, 1.82) is 0 Å². The van der Waals surface area contributed by atoms with E-state index in [0.29, 0.717) is 0 Å². The van der Waals surface area contributed by atoms with Gasteiger partial charge in [0.15, 0.2) is 0 Å². The van der Waals surface area contributed by atoms with E-state index in [9.17, 15) is 5.21 Å². The minimum absolute atomic E-state index is 0.280. The predicted molar refractivity (Wildman–Crippen MR) is 140 cm³/mol. The van der Waals surface area contributed by atoms with Crippen molar-refractivity contribution in [3.8, 4) is 5.75 Å². The van der Waals surface area contributed by atoms with Gasteiger partial charge in [0.1, 0.15) is 5.75 Å². The molecule has 3 nitrogen and oxygen atoms in total. The van der Waals surface area contributed by atoms with Crippen LogP contribution in [0.1, 0.15) is 142 Å². The number of nitrogens with zero attached hydrogens (tertiary/aromatic N) is 1. The van der Waals surface area contributed by atoms with Crippen LogP contribution in [0.25, 0.3) is 0 Å². The molecule has 1 fully saturated rings. The first-order valence-electron chi connectivity index (χ1n) is 14.1. The summed E-state index contributed by atoms with van der Waals surface area (Å²) in [7, 11) is 0. The Morgan fingerprint density at radius 2 is 1.15 bits per heavy atom. The van der Waals surface area contributed by atoms with Gasteiger partial charge < -0.3 is 4.74 Å². The molecule has 33 heavy (non-hydrogen) atoms. The molecule has 0 amide bonds. The molecule has 3 heteroatoms. The zero-order valence-electron chi connectivity index (χ0n) is 22.3. The first-order chi connectivity index (χ1) is 15.9. The molecule has 1 aromatic carbocycles. The highest BCUT2D eigenvalue weighted by Crippen LogP contribution is 2.46. The van der Waals surface area contributed by atoms with Crippen molar-refractivity contribution in [1.82, 2.24) is 5.06 Å². The predicted octanol–water partition coefficient (Wildman–Crippen LogP) is 9.37. The minimum Gasteiger partial charge on any atom is -0.494 e. The van der Waals surface area contributed by atoms with Gasteiger partial charge in [-0.05, 0) is 57.7 Å². The summed E-state index contributed by atoms with van der Waals surface area (Å²) in [6.07, 6.45) is 22.6. The van der Waals surface area contributed by atoms with Crippen LogP contribution >= 0.6 is 0 Å². The molecule has 0 saturated carbocycles. The molecule has 2 rings (SSSR count). The summed E-state index contributed by atoms with van der Waals surface area (Å²) in [6, 6.07) is 8.22. The van der Waals surface area contributed by atoms with Crippen molar-refractivity contribution >= 4 is 0 Å². The highest BCUT2D eigenvalue weighted by atomic mass is 16.5. The van der Waals surface area contributed by atoms with Crippen molar-refractivity contribution in [3.63, 3.8) is 0 Å². The lowest BCUT2D eigenvalue weighted by molar-refractivity contribution is -0.252. The number of benzene rings is 1. The molecule has 0 spiro atoms. The molecule has 0 aliphatic carbocycles. The maximum Gasteiger partial charge on any atom is 0.119 e. The summed E-state index contributed by atoms with van der Waals surface area (Å²) >= 11 is 0. The van der Waals surface area contributed by atoms with Crippen LogP contribution in [0.4, 0.5) is 0 Å². The Kier molecular flexibility index (Phi) is 12.8. The molecule has 1 aliphatic rings. The normalized spacial score (nSPS) is 20.4. The van der Waals surface area contributed by atoms with E-state index in [1.807, 2.05) is 26.0 Å². The van der Waals surface area contributed by atoms with Gasteiger partial charge in [-0.25, -0.2) is 0 Å². The molecule has 0 N–H and O–H groups in total. The quantitative estimate of drug-likeness (QED) is 0.205. The fourth-order valence-corrected chi connectivity index (χ4v) is 5.26. The lowest BCUT2D eigenvalue weighted by Crippen LogP contribution is -2.44. The van der Waals surface area contributed by atoms with E-state index < -0.39 is 5.54 Å². The van der Waals surface area contributed by atoms with E-state index in [1.165, 1.54) is 95.0 Å². The van der Waals surface area contributed by atoms with E-state index >= 15 is 0 Å². The lowest BCUT2D eigenvalue weighted by Gasteiger charge is -2.35. The van der Waals surface area contributed by atoms with E-state index in [1.54, 1.807) is 0 Å². The summed E-state index contributed by atoms with van der Waals surface area (Å²) in [5.41, 5.74) is 0.399. The standard InChI is InChI=1S/C30H52NO2/c1-5-6-7-8-9-10-11-12-13-14-15-16-17-18-19-26-33-28-22-20-27(21-23-28)30(4)25-24-29(2,3)31(30)32/h20-23H,5-19,24-26H2,1-4H3. The van der Waals surface area contributed by atoms with Gasteiger partial charge in [-0.3, -0.25) is 0 Å². The number of rotatable bonds is 18.